The van der Waals surface area contributed by atoms with Gasteiger partial charge in [0.25, 0.3) is 0 Å². The van der Waals surface area contributed by atoms with Crippen molar-refractivity contribution in [1.82, 2.24) is 19.7 Å². The standard InChI is InChI=1S/C13H17FN4O/c1-8-17-10(14)9(11-15-5-6-18(8)11)7-16-12(19)13(2,3)4/h5-6H,7H2,1-4H3,(H,16,19). The van der Waals surface area contributed by atoms with E-state index in [4.69, 9.17) is 0 Å². The zero-order valence-electron chi connectivity index (χ0n) is 11.5. The van der Waals surface area contributed by atoms with Crippen LogP contribution < -0.4 is 5.32 Å². The number of halogens is 1. The fourth-order valence-electron chi connectivity index (χ4n) is 1.73. The van der Waals surface area contributed by atoms with E-state index in [9.17, 15) is 9.18 Å². The minimum Gasteiger partial charge on any atom is -0.351 e. The van der Waals surface area contributed by atoms with Crippen molar-refractivity contribution in [2.24, 2.45) is 5.41 Å². The summed E-state index contributed by atoms with van der Waals surface area (Å²) in [7, 11) is 0. The molecule has 0 saturated carbocycles. The summed E-state index contributed by atoms with van der Waals surface area (Å²) in [6, 6.07) is 0. The molecule has 0 atom stereocenters. The van der Waals surface area contributed by atoms with Crippen LogP contribution in [0.1, 0.15) is 32.2 Å². The molecule has 5 nitrogen and oxygen atoms in total. The summed E-state index contributed by atoms with van der Waals surface area (Å²) in [6.07, 6.45) is 3.30. The highest BCUT2D eigenvalue weighted by atomic mass is 19.1. The third kappa shape index (κ3) is 2.57. The van der Waals surface area contributed by atoms with Crippen molar-refractivity contribution >= 4 is 11.6 Å². The summed E-state index contributed by atoms with van der Waals surface area (Å²) < 4.78 is 15.6. The smallest absolute Gasteiger partial charge is 0.225 e. The molecule has 2 heterocycles. The summed E-state index contributed by atoms with van der Waals surface area (Å²) >= 11 is 0. The molecule has 102 valence electrons. The van der Waals surface area contributed by atoms with Crippen LogP contribution in [-0.2, 0) is 11.3 Å². The van der Waals surface area contributed by atoms with Crippen LogP contribution in [0.5, 0.6) is 0 Å². The number of nitrogens with zero attached hydrogens (tertiary/aromatic N) is 3. The Kier molecular flexibility index (Phi) is 3.26. The van der Waals surface area contributed by atoms with Crippen molar-refractivity contribution in [3.05, 3.63) is 29.7 Å². The number of carbonyl (C=O) groups excluding carboxylic acids is 1. The van der Waals surface area contributed by atoms with Crippen LogP contribution in [0.4, 0.5) is 4.39 Å². The lowest BCUT2D eigenvalue weighted by atomic mass is 9.96. The first-order valence-electron chi connectivity index (χ1n) is 6.07. The first kappa shape index (κ1) is 13.5. The van der Waals surface area contributed by atoms with E-state index in [0.717, 1.165) is 0 Å². The zero-order chi connectivity index (χ0) is 14.2. The highest BCUT2D eigenvalue weighted by molar-refractivity contribution is 5.81. The Balaban J connectivity index is 2.31. The lowest BCUT2D eigenvalue weighted by Gasteiger charge is -2.18. The number of fused-ring (bicyclic) bond motifs is 1. The van der Waals surface area contributed by atoms with E-state index in [2.05, 4.69) is 15.3 Å². The highest BCUT2D eigenvalue weighted by Gasteiger charge is 2.22. The van der Waals surface area contributed by atoms with E-state index in [0.29, 0.717) is 17.0 Å². The van der Waals surface area contributed by atoms with Gasteiger partial charge in [0.2, 0.25) is 11.9 Å². The molecule has 1 N–H and O–H groups in total. The van der Waals surface area contributed by atoms with E-state index in [1.54, 1.807) is 44.5 Å². The van der Waals surface area contributed by atoms with Crippen molar-refractivity contribution in [2.75, 3.05) is 0 Å². The average Bonchev–Trinajstić information content (AvgIpc) is 2.76. The summed E-state index contributed by atoms with van der Waals surface area (Å²) in [5, 5.41) is 2.71. The second-order valence-corrected chi connectivity index (χ2v) is 5.48. The molecule has 19 heavy (non-hydrogen) atoms. The Morgan fingerprint density at radius 3 is 2.79 bits per heavy atom. The molecular weight excluding hydrogens is 247 g/mol. The molecule has 0 aliphatic heterocycles. The van der Waals surface area contributed by atoms with Gasteiger partial charge < -0.3 is 5.32 Å². The molecule has 0 saturated heterocycles. The fourth-order valence-corrected chi connectivity index (χ4v) is 1.73. The maximum absolute atomic E-state index is 13.9. The lowest BCUT2D eigenvalue weighted by molar-refractivity contribution is -0.128. The Morgan fingerprint density at radius 2 is 2.16 bits per heavy atom. The minimum atomic E-state index is -0.592. The van der Waals surface area contributed by atoms with Gasteiger partial charge in [0, 0.05) is 17.8 Å². The Bertz CT molecular complexity index is 627. The first-order chi connectivity index (χ1) is 8.80. The van der Waals surface area contributed by atoms with Crippen LogP contribution in [0.2, 0.25) is 0 Å². The van der Waals surface area contributed by atoms with Crippen LogP contribution in [0.15, 0.2) is 12.4 Å². The van der Waals surface area contributed by atoms with E-state index in [1.165, 1.54) is 0 Å². The van der Waals surface area contributed by atoms with E-state index >= 15 is 0 Å². The number of carbonyl (C=O) groups is 1. The maximum Gasteiger partial charge on any atom is 0.225 e. The number of aromatic nitrogens is 3. The first-order valence-corrected chi connectivity index (χ1v) is 6.07. The predicted octanol–water partition coefficient (Wildman–Crippen LogP) is 1.84. The molecule has 0 aliphatic rings. The maximum atomic E-state index is 13.9. The van der Waals surface area contributed by atoms with Gasteiger partial charge in [0.1, 0.15) is 11.5 Å². The summed E-state index contributed by atoms with van der Waals surface area (Å²) in [4.78, 5) is 19.7. The second-order valence-electron chi connectivity index (χ2n) is 5.48. The molecule has 0 aromatic carbocycles. The topological polar surface area (TPSA) is 59.3 Å². The number of aryl methyl sites for hydroxylation is 1. The number of hydrogen-bond donors (Lipinski definition) is 1. The van der Waals surface area contributed by atoms with Gasteiger partial charge >= 0.3 is 0 Å². The summed E-state index contributed by atoms with van der Waals surface area (Å²) in [5.41, 5.74) is 0.271. The SMILES string of the molecule is Cc1nc(F)c(CNC(=O)C(C)(C)C)c2nccn12. The van der Waals surface area contributed by atoms with Crippen molar-refractivity contribution < 1.29 is 9.18 Å². The molecule has 0 bridgehead atoms. The number of hydrogen-bond acceptors (Lipinski definition) is 3. The Morgan fingerprint density at radius 1 is 1.47 bits per heavy atom. The van der Waals surface area contributed by atoms with E-state index in [1.807, 2.05) is 0 Å². The van der Waals surface area contributed by atoms with Crippen LogP contribution in [0.25, 0.3) is 5.65 Å². The van der Waals surface area contributed by atoms with Crippen molar-refractivity contribution in [3.8, 4) is 0 Å². The molecule has 2 rings (SSSR count). The van der Waals surface area contributed by atoms with Gasteiger partial charge in [-0.2, -0.15) is 4.39 Å². The predicted molar refractivity (Wildman–Crippen MR) is 69.0 cm³/mol. The van der Waals surface area contributed by atoms with Gasteiger partial charge in [-0.3, -0.25) is 9.20 Å². The third-order valence-electron chi connectivity index (χ3n) is 2.88. The molecule has 0 spiro atoms. The van der Waals surface area contributed by atoms with E-state index < -0.39 is 11.4 Å². The van der Waals surface area contributed by atoms with Gasteiger partial charge in [-0.1, -0.05) is 20.8 Å². The van der Waals surface area contributed by atoms with Crippen LogP contribution in [-0.4, -0.2) is 20.3 Å². The quantitative estimate of drug-likeness (QED) is 0.842. The third-order valence-corrected chi connectivity index (χ3v) is 2.88. The second kappa shape index (κ2) is 4.60. The molecule has 2 aromatic heterocycles. The molecule has 1 amide bonds. The van der Waals surface area contributed by atoms with Crippen molar-refractivity contribution in [3.63, 3.8) is 0 Å². The zero-order valence-corrected chi connectivity index (χ0v) is 11.5. The number of rotatable bonds is 2. The molecule has 0 aliphatic carbocycles. The molecule has 6 heteroatoms. The molecule has 0 radical (unpaired) electrons. The van der Waals surface area contributed by atoms with Crippen LogP contribution in [0, 0.1) is 18.3 Å². The average molecular weight is 264 g/mol. The van der Waals surface area contributed by atoms with Crippen LogP contribution in [0.3, 0.4) is 0 Å². The van der Waals surface area contributed by atoms with Crippen LogP contribution >= 0.6 is 0 Å². The number of nitrogens with one attached hydrogen (secondary N) is 1. The molecule has 2 aromatic rings. The van der Waals surface area contributed by atoms with E-state index in [-0.39, 0.29) is 12.5 Å². The minimum absolute atomic E-state index is 0.0791. The monoisotopic (exact) mass is 264 g/mol. The van der Waals surface area contributed by atoms with Gasteiger partial charge in [0.15, 0.2) is 0 Å². The summed E-state index contributed by atoms with van der Waals surface area (Å²) in [5.74, 6) is -0.210. The van der Waals surface area contributed by atoms with Crippen molar-refractivity contribution in [1.29, 1.82) is 0 Å². The summed E-state index contributed by atoms with van der Waals surface area (Å²) in [6.45, 7) is 7.19. The Hall–Kier alpha value is -1.98. The van der Waals surface area contributed by atoms with Gasteiger partial charge in [-0.25, -0.2) is 9.97 Å². The molecule has 0 unspecified atom stereocenters. The molecular formula is C13H17FN4O. The molecule has 0 fully saturated rings. The lowest BCUT2D eigenvalue weighted by Crippen LogP contribution is -2.34. The van der Waals surface area contributed by atoms with Crippen molar-refractivity contribution in [2.45, 2.75) is 34.2 Å². The largest absolute Gasteiger partial charge is 0.351 e. The van der Waals surface area contributed by atoms with Gasteiger partial charge in [-0.05, 0) is 6.92 Å². The van der Waals surface area contributed by atoms with Gasteiger partial charge in [-0.15, -0.1) is 0 Å². The highest BCUT2D eigenvalue weighted by Crippen LogP contribution is 2.16. The number of imidazole rings is 1. The number of amides is 1. The van der Waals surface area contributed by atoms with Gasteiger partial charge in [0.05, 0.1) is 12.1 Å². The normalized spacial score (nSPS) is 11.8. The Labute approximate surface area is 110 Å². The fraction of sp³-hybridized carbons (Fsp3) is 0.462.